The summed E-state index contributed by atoms with van der Waals surface area (Å²) in [4.78, 5) is 0.417. The molecule has 3 aromatic carbocycles. The predicted molar refractivity (Wildman–Crippen MR) is 114 cm³/mol. The van der Waals surface area contributed by atoms with Gasteiger partial charge in [-0.2, -0.15) is 0 Å². The van der Waals surface area contributed by atoms with Gasteiger partial charge in [-0.15, -0.1) is 0 Å². The zero-order valence-electron chi connectivity index (χ0n) is 15.3. The minimum atomic E-state index is -3.83. The van der Waals surface area contributed by atoms with Gasteiger partial charge < -0.3 is 10.3 Å². The standard InChI is InChI=1S/C22H19ClN2O2S/c1-2-25-20-11-7-6-10-17(20)22(21(25)15-8-4-3-5-9-15)28(26,27)16-12-13-19(24)18(23)14-16/h3-14H,2,24H2,1H3. The van der Waals surface area contributed by atoms with Crippen LogP contribution in [0.15, 0.2) is 82.6 Å². The average molecular weight is 411 g/mol. The van der Waals surface area contributed by atoms with Gasteiger partial charge in [0.05, 0.1) is 21.3 Å². The smallest absolute Gasteiger partial charge is 0.209 e. The number of nitrogen functional groups attached to an aromatic ring is 1. The van der Waals surface area contributed by atoms with E-state index in [4.69, 9.17) is 17.3 Å². The van der Waals surface area contributed by atoms with Gasteiger partial charge in [0.2, 0.25) is 9.84 Å². The largest absolute Gasteiger partial charge is 0.398 e. The van der Waals surface area contributed by atoms with Crippen LogP contribution in [-0.4, -0.2) is 13.0 Å². The predicted octanol–water partition coefficient (Wildman–Crippen LogP) is 5.40. The number of para-hydroxylation sites is 1. The van der Waals surface area contributed by atoms with E-state index in [0.29, 0.717) is 23.3 Å². The van der Waals surface area contributed by atoms with Crippen molar-refractivity contribution < 1.29 is 8.42 Å². The summed E-state index contributed by atoms with van der Waals surface area (Å²) in [6.07, 6.45) is 0. The van der Waals surface area contributed by atoms with E-state index in [1.165, 1.54) is 18.2 Å². The fourth-order valence-corrected chi connectivity index (χ4v) is 5.49. The fraction of sp³-hybridized carbons (Fsp3) is 0.0909. The Balaban J connectivity index is 2.12. The molecule has 28 heavy (non-hydrogen) atoms. The Bertz CT molecular complexity index is 1280. The summed E-state index contributed by atoms with van der Waals surface area (Å²) in [6, 6.07) is 21.6. The molecule has 0 aliphatic carbocycles. The van der Waals surface area contributed by atoms with Crippen molar-refractivity contribution in [1.29, 1.82) is 0 Å². The van der Waals surface area contributed by atoms with Crippen molar-refractivity contribution in [2.45, 2.75) is 23.3 Å². The molecule has 0 atom stereocenters. The molecule has 0 amide bonds. The molecule has 1 heterocycles. The molecule has 0 radical (unpaired) electrons. The first-order valence-corrected chi connectivity index (χ1v) is 10.8. The zero-order chi connectivity index (χ0) is 19.9. The van der Waals surface area contributed by atoms with Crippen LogP contribution in [0.4, 0.5) is 5.69 Å². The molecule has 0 aliphatic rings. The second-order valence-corrected chi connectivity index (χ2v) is 8.79. The van der Waals surface area contributed by atoms with Crippen molar-refractivity contribution in [2.75, 3.05) is 5.73 Å². The van der Waals surface area contributed by atoms with Crippen molar-refractivity contribution in [3.8, 4) is 11.3 Å². The Hall–Kier alpha value is -2.76. The Morgan fingerprint density at radius 2 is 1.64 bits per heavy atom. The van der Waals surface area contributed by atoms with Gasteiger partial charge in [-0.3, -0.25) is 0 Å². The second-order valence-electron chi connectivity index (χ2n) is 6.49. The Morgan fingerprint density at radius 3 is 2.32 bits per heavy atom. The van der Waals surface area contributed by atoms with Crippen molar-refractivity contribution in [3.05, 3.63) is 77.8 Å². The molecule has 4 rings (SSSR count). The summed E-state index contributed by atoms with van der Waals surface area (Å²) in [5, 5.41) is 0.915. The Labute approximate surface area is 169 Å². The van der Waals surface area contributed by atoms with E-state index in [2.05, 4.69) is 0 Å². The lowest BCUT2D eigenvalue weighted by Gasteiger charge is -2.12. The third-order valence-corrected chi connectivity index (χ3v) is 6.99. The molecule has 0 unspecified atom stereocenters. The lowest BCUT2D eigenvalue weighted by atomic mass is 10.1. The first-order chi connectivity index (χ1) is 13.4. The summed E-state index contributed by atoms with van der Waals surface area (Å²) in [6.45, 7) is 2.65. The number of aromatic nitrogens is 1. The summed E-state index contributed by atoms with van der Waals surface area (Å²) in [7, 11) is -3.83. The summed E-state index contributed by atoms with van der Waals surface area (Å²) < 4.78 is 29.5. The lowest BCUT2D eigenvalue weighted by Crippen LogP contribution is -2.06. The number of halogens is 1. The Morgan fingerprint density at radius 1 is 0.964 bits per heavy atom. The van der Waals surface area contributed by atoms with Crippen molar-refractivity contribution in [2.24, 2.45) is 0 Å². The summed E-state index contributed by atoms with van der Waals surface area (Å²) in [5.41, 5.74) is 8.53. The maximum atomic E-state index is 13.7. The van der Waals surface area contributed by atoms with Gasteiger partial charge in [0, 0.05) is 17.4 Å². The molecule has 0 bridgehead atoms. The molecule has 0 fully saturated rings. The van der Waals surface area contributed by atoms with Crippen LogP contribution >= 0.6 is 11.6 Å². The van der Waals surface area contributed by atoms with Crippen molar-refractivity contribution in [1.82, 2.24) is 4.57 Å². The molecule has 2 N–H and O–H groups in total. The van der Waals surface area contributed by atoms with Crippen LogP contribution in [0.3, 0.4) is 0 Å². The van der Waals surface area contributed by atoms with Crippen LogP contribution < -0.4 is 5.73 Å². The van der Waals surface area contributed by atoms with Gasteiger partial charge in [-0.25, -0.2) is 8.42 Å². The SMILES string of the molecule is CCn1c(-c2ccccc2)c(S(=O)(=O)c2ccc(N)c(Cl)c2)c2ccccc21. The molecule has 142 valence electrons. The van der Waals surface area contributed by atoms with Gasteiger partial charge in [0.25, 0.3) is 0 Å². The zero-order valence-corrected chi connectivity index (χ0v) is 16.8. The van der Waals surface area contributed by atoms with Gasteiger partial charge in [0.15, 0.2) is 0 Å². The summed E-state index contributed by atoms with van der Waals surface area (Å²) >= 11 is 6.12. The quantitative estimate of drug-likeness (QED) is 0.458. The molecule has 0 spiro atoms. The van der Waals surface area contributed by atoms with Crippen LogP contribution in [0.1, 0.15) is 6.92 Å². The lowest BCUT2D eigenvalue weighted by molar-refractivity contribution is 0.596. The molecule has 0 saturated heterocycles. The number of nitrogens with zero attached hydrogens (tertiary/aromatic N) is 1. The molecule has 4 nitrogen and oxygen atoms in total. The second kappa shape index (κ2) is 7.00. The van der Waals surface area contributed by atoms with Crippen LogP contribution in [0.5, 0.6) is 0 Å². The number of hydrogen-bond acceptors (Lipinski definition) is 3. The van der Waals surface area contributed by atoms with Gasteiger partial charge in [-0.05, 0) is 36.8 Å². The number of benzene rings is 3. The third-order valence-electron chi connectivity index (χ3n) is 4.84. The minimum Gasteiger partial charge on any atom is -0.398 e. The fourth-order valence-electron chi connectivity index (χ4n) is 3.55. The third kappa shape index (κ3) is 2.87. The Kier molecular flexibility index (Phi) is 4.65. The first kappa shape index (κ1) is 18.6. The highest BCUT2D eigenvalue weighted by Gasteiger charge is 2.29. The number of rotatable bonds is 4. The number of anilines is 1. The van der Waals surface area contributed by atoms with Crippen molar-refractivity contribution >= 4 is 38.0 Å². The normalized spacial score (nSPS) is 11.8. The van der Waals surface area contributed by atoms with Crippen LogP contribution in [0.25, 0.3) is 22.2 Å². The molecule has 0 saturated carbocycles. The molecule has 1 aromatic heterocycles. The highest BCUT2D eigenvalue weighted by molar-refractivity contribution is 7.92. The highest BCUT2D eigenvalue weighted by atomic mass is 35.5. The number of aryl methyl sites for hydroxylation is 1. The molecule has 4 aromatic rings. The van der Waals surface area contributed by atoms with E-state index in [1.54, 1.807) is 0 Å². The van der Waals surface area contributed by atoms with Gasteiger partial charge in [0.1, 0.15) is 4.90 Å². The minimum absolute atomic E-state index is 0.128. The maximum absolute atomic E-state index is 13.7. The molecule has 0 aliphatic heterocycles. The van der Waals surface area contributed by atoms with E-state index < -0.39 is 9.84 Å². The summed E-state index contributed by atoms with van der Waals surface area (Å²) in [5.74, 6) is 0. The van der Waals surface area contributed by atoms with Gasteiger partial charge in [-0.1, -0.05) is 60.1 Å². The van der Waals surface area contributed by atoms with E-state index in [0.717, 1.165) is 11.1 Å². The van der Waals surface area contributed by atoms with Crippen molar-refractivity contribution in [3.63, 3.8) is 0 Å². The number of sulfone groups is 1. The molecule has 6 heteroatoms. The van der Waals surface area contributed by atoms with Crippen LogP contribution in [0.2, 0.25) is 5.02 Å². The highest BCUT2D eigenvalue weighted by Crippen LogP contribution is 2.40. The topological polar surface area (TPSA) is 65.1 Å². The monoisotopic (exact) mass is 410 g/mol. The molecular weight excluding hydrogens is 392 g/mol. The number of nitrogens with two attached hydrogens (primary N) is 1. The maximum Gasteiger partial charge on any atom is 0.209 e. The van der Waals surface area contributed by atoms with Crippen LogP contribution in [0, 0.1) is 0 Å². The van der Waals surface area contributed by atoms with E-state index in [1.807, 2.05) is 66.1 Å². The number of fused-ring (bicyclic) bond motifs is 1. The average Bonchev–Trinajstić information content (AvgIpc) is 3.05. The molecular formula is C22H19ClN2O2S. The first-order valence-electron chi connectivity index (χ1n) is 8.92. The van der Waals surface area contributed by atoms with Crippen LogP contribution in [-0.2, 0) is 16.4 Å². The number of hydrogen-bond donors (Lipinski definition) is 1. The van der Waals surface area contributed by atoms with Gasteiger partial charge >= 0.3 is 0 Å². The van der Waals surface area contributed by atoms with E-state index in [9.17, 15) is 8.42 Å². The van der Waals surface area contributed by atoms with E-state index in [-0.39, 0.29) is 14.8 Å². The van der Waals surface area contributed by atoms with E-state index >= 15 is 0 Å².